The van der Waals surface area contributed by atoms with Crippen molar-refractivity contribution in [1.82, 2.24) is 15.5 Å². The number of hydrogen-bond acceptors (Lipinski definition) is 4. The minimum Gasteiger partial charge on any atom is -0.352 e. The summed E-state index contributed by atoms with van der Waals surface area (Å²) in [5, 5.41) is 6.20. The highest BCUT2D eigenvalue weighted by Crippen LogP contribution is 2.19. The minimum absolute atomic E-state index is 0. The number of alkyl halides is 3. The molecule has 0 saturated carbocycles. The molecule has 0 amide bonds. The summed E-state index contributed by atoms with van der Waals surface area (Å²) in [7, 11) is -1.64. The van der Waals surface area contributed by atoms with Gasteiger partial charge in [-0.15, -0.1) is 24.0 Å². The molecule has 0 aromatic heterocycles. The lowest BCUT2D eigenvalue weighted by Gasteiger charge is -2.19. The Kier molecular flexibility index (Phi) is 8.80. The largest absolute Gasteiger partial charge is 0.401 e. The van der Waals surface area contributed by atoms with Gasteiger partial charge in [0.15, 0.2) is 15.8 Å². The lowest BCUT2D eigenvalue weighted by Crippen LogP contribution is -2.44. The first-order valence-electron chi connectivity index (χ1n) is 8.12. The second-order valence-corrected chi connectivity index (χ2v) is 8.34. The number of guanidine groups is 1. The van der Waals surface area contributed by atoms with Crippen molar-refractivity contribution in [3.63, 3.8) is 0 Å². The van der Waals surface area contributed by atoms with Crippen molar-refractivity contribution in [3.8, 4) is 0 Å². The Bertz CT molecular complexity index is 739. The van der Waals surface area contributed by atoms with Crippen LogP contribution in [-0.2, 0) is 16.4 Å². The molecule has 0 spiro atoms. The molecule has 11 heteroatoms. The third-order valence-corrected chi connectivity index (χ3v) is 5.18. The zero-order chi connectivity index (χ0) is 19.4. The third kappa shape index (κ3) is 8.21. The molecule has 1 aromatic carbocycles. The Hall–Kier alpha value is -1.08. The molecule has 2 rings (SSSR count). The summed E-state index contributed by atoms with van der Waals surface area (Å²) < 4.78 is 60.2. The summed E-state index contributed by atoms with van der Waals surface area (Å²) in [5.74, 6) is 0.496. The second-order valence-electron chi connectivity index (χ2n) is 6.32. The highest BCUT2D eigenvalue weighted by atomic mass is 127. The molecule has 0 bridgehead atoms. The molecule has 0 aliphatic carbocycles. The van der Waals surface area contributed by atoms with Crippen LogP contribution in [-0.4, -0.2) is 64.4 Å². The standard InChI is InChI=1S/C16H23F3N4O2S.HI/c1-20-15(22-13-7-8-23(10-13)11-16(17,18)19)21-9-12-3-5-14(6-4-12)26(2,24)25;/h3-6,13H,7-11H2,1-2H3,(H2,20,21,22);1H. The highest BCUT2D eigenvalue weighted by Gasteiger charge is 2.34. The van der Waals surface area contributed by atoms with E-state index in [2.05, 4.69) is 15.6 Å². The predicted molar refractivity (Wildman–Crippen MR) is 109 cm³/mol. The minimum atomic E-state index is -4.19. The number of benzene rings is 1. The van der Waals surface area contributed by atoms with Gasteiger partial charge in [-0.25, -0.2) is 8.42 Å². The van der Waals surface area contributed by atoms with E-state index >= 15 is 0 Å². The number of nitrogens with one attached hydrogen (secondary N) is 2. The van der Waals surface area contributed by atoms with Crippen LogP contribution in [0.4, 0.5) is 13.2 Å². The van der Waals surface area contributed by atoms with E-state index in [0.717, 1.165) is 11.8 Å². The van der Waals surface area contributed by atoms with Crippen LogP contribution in [0.5, 0.6) is 0 Å². The van der Waals surface area contributed by atoms with Gasteiger partial charge in [0.1, 0.15) is 0 Å². The number of sulfone groups is 1. The van der Waals surface area contributed by atoms with Crippen LogP contribution in [0, 0.1) is 0 Å². The normalized spacial score (nSPS) is 18.9. The molecule has 1 unspecified atom stereocenters. The number of likely N-dealkylation sites (tertiary alicyclic amines) is 1. The van der Waals surface area contributed by atoms with Crippen molar-refractivity contribution in [2.75, 3.05) is 32.9 Å². The zero-order valence-electron chi connectivity index (χ0n) is 15.1. The van der Waals surface area contributed by atoms with Crippen LogP contribution in [0.3, 0.4) is 0 Å². The molecule has 0 radical (unpaired) electrons. The molecule has 1 heterocycles. The molecule has 6 nitrogen and oxygen atoms in total. The fourth-order valence-corrected chi connectivity index (χ4v) is 3.41. The van der Waals surface area contributed by atoms with Crippen LogP contribution in [0.2, 0.25) is 0 Å². The van der Waals surface area contributed by atoms with Crippen molar-refractivity contribution in [2.45, 2.75) is 30.1 Å². The molecule has 154 valence electrons. The molecule has 1 atom stereocenters. The molecular weight excluding hydrogens is 496 g/mol. The van der Waals surface area contributed by atoms with E-state index in [9.17, 15) is 21.6 Å². The van der Waals surface area contributed by atoms with Crippen LogP contribution in [0.15, 0.2) is 34.2 Å². The Morgan fingerprint density at radius 3 is 2.44 bits per heavy atom. The number of aliphatic imine (C=N–C) groups is 1. The number of halogens is 4. The maximum Gasteiger partial charge on any atom is 0.401 e. The summed E-state index contributed by atoms with van der Waals surface area (Å²) in [6.07, 6.45) is -2.43. The number of rotatable bonds is 5. The molecule has 2 N–H and O–H groups in total. The number of nitrogens with zero attached hydrogens (tertiary/aromatic N) is 2. The fraction of sp³-hybridized carbons (Fsp3) is 0.562. The van der Waals surface area contributed by atoms with Crippen molar-refractivity contribution in [3.05, 3.63) is 29.8 Å². The first kappa shape index (κ1) is 24.0. The lowest BCUT2D eigenvalue weighted by atomic mass is 10.2. The van der Waals surface area contributed by atoms with E-state index in [1.54, 1.807) is 19.2 Å². The third-order valence-electron chi connectivity index (χ3n) is 4.05. The van der Waals surface area contributed by atoms with Gasteiger partial charge in [-0.2, -0.15) is 13.2 Å². The van der Waals surface area contributed by atoms with Gasteiger partial charge in [0.05, 0.1) is 11.4 Å². The quantitative estimate of drug-likeness (QED) is 0.353. The topological polar surface area (TPSA) is 73.8 Å². The molecule has 27 heavy (non-hydrogen) atoms. The van der Waals surface area contributed by atoms with Gasteiger partial charge in [0, 0.05) is 39.0 Å². The SMILES string of the molecule is CN=C(NCc1ccc(S(C)(=O)=O)cc1)NC1CCN(CC(F)(F)F)C1.I. The molecule has 1 aliphatic rings. The van der Waals surface area contributed by atoms with Crippen molar-refractivity contribution < 1.29 is 21.6 Å². The van der Waals surface area contributed by atoms with Crippen LogP contribution < -0.4 is 10.6 Å². The van der Waals surface area contributed by atoms with Crippen LogP contribution in [0.25, 0.3) is 0 Å². The Morgan fingerprint density at radius 2 is 1.93 bits per heavy atom. The van der Waals surface area contributed by atoms with Gasteiger partial charge in [0.2, 0.25) is 0 Å². The average molecular weight is 520 g/mol. The Morgan fingerprint density at radius 1 is 1.30 bits per heavy atom. The first-order chi connectivity index (χ1) is 12.1. The molecule has 1 aromatic rings. The Labute approximate surface area is 174 Å². The fourth-order valence-electron chi connectivity index (χ4n) is 2.78. The molecule has 1 aliphatic heterocycles. The van der Waals surface area contributed by atoms with E-state index in [1.165, 1.54) is 17.0 Å². The first-order valence-corrected chi connectivity index (χ1v) is 10.0. The Balaban J connectivity index is 0.00000364. The average Bonchev–Trinajstić information content (AvgIpc) is 2.96. The van der Waals surface area contributed by atoms with Crippen molar-refractivity contribution in [2.24, 2.45) is 4.99 Å². The zero-order valence-corrected chi connectivity index (χ0v) is 18.2. The van der Waals surface area contributed by atoms with Crippen LogP contribution >= 0.6 is 24.0 Å². The van der Waals surface area contributed by atoms with Gasteiger partial charge in [0.25, 0.3) is 0 Å². The van der Waals surface area contributed by atoms with E-state index in [0.29, 0.717) is 32.0 Å². The van der Waals surface area contributed by atoms with Crippen LogP contribution in [0.1, 0.15) is 12.0 Å². The van der Waals surface area contributed by atoms with E-state index < -0.39 is 22.6 Å². The summed E-state index contributed by atoms with van der Waals surface area (Å²) in [6.45, 7) is 0.219. The molecule has 1 saturated heterocycles. The molecular formula is C16H24F3IN4O2S. The smallest absolute Gasteiger partial charge is 0.352 e. The van der Waals surface area contributed by atoms with E-state index in [4.69, 9.17) is 0 Å². The van der Waals surface area contributed by atoms with Gasteiger partial charge >= 0.3 is 6.18 Å². The van der Waals surface area contributed by atoms with E-state index in [-0.39, 0.29) is 34.9 Å². The van der Waals surface area contributed by atoms with E-state index in [1.807, 2.05) is 0 Å². The summed E-state index contributed by atoms with van der Waals surface area (Å²) in [5.41, 5.74) is 0.866. The maximum atomic E-state index is 12.4. The van der Waals surface area contributed by atoms with Gasteiger partial charge < -0.3 is 10.6 Å². The van der Waals surface area contributed by atoms with Gasteiger partial charge in [-0.1, -0.05) is 12.1 Å². The monoisotopic (exact) mass is 520 g/mol. The highest BCUT2D eigenvalue weighted by molar-refractivity contribution is 14.0. The summed E-state index contributed by atoms with van der Waals surface area (Å²) in [4.78, 5) is 5.70. The van der Waals surface area contributed by atoms with Crippen molar-refractivity contribution in [1.29, 1.82) is 0 Å². The molecule has 1 fully saturated rings. The van der Waals surface area contributed by atoms with Gasteiger partial charge in [-0.05, 0) is 24.1 Å². The van der Waals surface area contributed by atoms with Crippen molar-refractivity contribution >= 4 is 39.8 Å². The van der Waals surface area contributed by atoms with Gasteiger partial charge in [-0.3, -0.25) is 9.89 Å². The maximum absolute atomic E-state index is 12.4. The summed E-state index contributed by atoms with van der Waals surface area (Å²) >= 11 is 0. The number of hydrogen-bond donors (Lipinski definition) is 2. The summed E-state index contributed by atoms with van der Waals surface area (Å²) in [6, 6.07) is 6.38. The predicted octanol–water partition coefficient (Wildman–Crippen LogP) is 2.01. The second kappa shape index (κ2) is 9.92. The lowest BCUT2D eigenvalue weighted by molar-refractivity contribution is -0.143.